The molecule has 0 aliphatic heterocycles. The van der Waals surface area contributed by atoms with Crippen molar-refractivity contribution in [2.75, 3.05) is 6.54 Å². The minimum absolute atomic E-state index is 0.222. The molecule has 0 aliphatic rings. The van der Waals surface area contributed by atoms with Gasteiger partial charge in [0.25, 0.3) is 0 Å². The Morgan fingerprint density at radius 1 is 1.33 bits per heavy atom. The summed E-state index contributed by atoms with van der Waals surface area (Å²) in [6.07, 6.45) is 0.727. The zero-order valence-electron chi connectivity index (χ0n) is 8.57. The molecule has 0 unspecified atom stereocenters. The third kappa shape index (κ3) is 1.89. The summed E-state index contributed by atoms with van der Waals surface area (Å²) < 4.78 is 0. The van der Waals surface area contributed by atoms with Crippen molar-refractivity contribution in [2.24, 2.45) is 5.73 Å². The zero-order chi connectivity index (χ0) is 10.8. The van der Waals surface area contributed by atoms with Gasteiger partial charge in [-0.3, -0.25) is 0 Å². The highest BCUT2D eigenvalue weighted by Gasteiger charge is 2.05. The summed E-state index contributed by atoms with van der Waals surface area (Å²) in [5.41, 5.74) is 7.24. The molecule has 1 heterocycles. The normalized spacial score (nSPS) is 10.8. The zero-order valence-corrected chi connectivity index (χ0v) is 8.57. The van der Waals surface area contributed by atoms with Crippen molar-refractivity contribution < 1.29 is 5.11 Å². The molecule has 0 radical (unpaired) electrons. The molecule has 4 nitrogen and oxygen atoms in total. The number of aromatic hydroxyl groups is 1. The van der Waals surface area contributed by atoms with Crippen LogP contribution in [0.1, 0.15) is 11.5 Å². The second kappa shape index (κ2) is 3.82. The number of aryl methyl sites for hydroxylation is 1. The molecule has 0 bridgehead atoms. The molecule has 0 spiro atoms. The summed E-state index contributed by atoms with van der Waals surface area (Å²) in [5.74, 6) is 0.927. The predicted molar refractivity (Wildman–Crippen MR) is 58.7 cm³/mol. The number of hydrogen-bond acceptors (Lipinski definition) is 4. The molecule has 15 heavy (non-hydrogen) atoms. The highest BCUT2D eigenvalue weighted by molar-refractivity contribution is 5.82. The van der Waals surface area contributed by atoms with Crippen LogP contribution in [0, 0.1) is 6.92 Å². The van der Waals surface area contributed by atoms with Crippen molar-refractivity contribution >= 4 is 10.9 Å². The Morgan fingerprint density at radius 3 is 2.87 bits per heavy atom. The Morgan fingerprint density at radius 2 is 2.13 bits per heavy atom. The van der Waals surface area contributed by atoms with Crippen molar-refractivity contribution in [1.29, 1.82) is 0 Å². The standard InChI is InChI=1S/C11H13N3O/c1-7-13-10(4-5-12)9-3-2-8(15)6-11(9)14-7/h2-3,6,15H,4-5,12H2,1H3. The van der Waals surface area contributed by atoms with Gasteiger partial charge >= 0.3 is 0 Å². The number of hydrogen-bond donors (Lipinski definition) is 2. The minimum Gasteiger partial charge on any atom is -0.508 e. The molecule has 3 N–H and O–H groups in total. The number of benzene rings is 1. The van der Waals surface area contributed by atoms with Crippen molar-refractivity contribution in [3.8, 4) is 5.75 Å². The minimum atomic E-state index is 0.222. The third-order valence-corrected chi connectivity index (χ3v) is 2.25. The highest BCUT2D eigenvalue weighted by Crippen LogP contribution is 2.20. The highest BCUT2D eigenvalue weighted by atomic mass is 16.3. The van der Waals surface area contributed by atoms with Gasteiger partial charge in [0, 0.05) is 17.9 Å². The van der Waals surface area contributed by atoms with Gasteiger partial charge in [-0.1, -0.05) is 0 Å². The van der Waals surface area contributed by atoms with Crippen LogP contribution in [0.25, 0.3) is 10.9 Å². The second-order valence-electron chi connectivity index (χ2n) is 3.46. The predicted octanol–water partition coefficient (Wildman–Crippen LogP) is 1.15. The van der Waals surface area contributed by atoms with Gasteiger partial charge in [0.2, 0.25) is 0 Å². The van der Waals surface area contributed by atoms with E-state index in [2.05, 4.69) is 9.97 Å². The first-order valence-electron chi connectivity index (χ1n) is 4.87. The van der Waals surface area contributed by atoms with E-state index in [1.807, 2.05) is 13.0 Å². The fourth-order valence-corrected chi connectivity index (χ4v) is 1.64. The van der Waals surface area contributed by atoms with E-state index in [9.17, 15) is 5.11 Å². The van der Waals surface area contributed by atoms with Gasteiger partial charge < -0.3 is 10.8 Å². The van der Waals surface area contributed by atoms with Crippen LogP contribution in [0.3, 0.4) is 0 Å². The largest absolute Gasteiger partial charge is 0.508 e. The molecular formula is C11H13N3O. The van der Waals surface area contributed by atoms with E-state index in [-0.39, 0.29) is 5.75 Å². The SMILES string of the molecule is Cc1nc(CCN)c2ccc(O)cc2n1. The van der Waals surface area contributed by atoms with Crippen LogP contribution in [-0.4, -0.2) is 21.6 Å². The monoisotopic (exact) mass is 203 g/mol. The second-order valence-corrected chi connectivity index (χ2v) is 3.46. The summed E-state index contributed by atoms with van der Waals surface area (Å²) in [5, 5.41) is 10.3. The van der Waals surface area contributed by atoms with E-state index in [4.69, 9.17) is 5.73 Å². The van der Waals surface area contributed by atoms with Crippen LogP contribution in [-0.2, 0) is 6.42 Å². The van der Waals surface area contributed by atoms with E-state index in [0.29, 0.717) is 12.4 Å². The molecule has 78 valence electrons. The maximum Gasteiger partial charge on any atom is 0.126 e. The molecule has 0 atom stereocenters. The van der Waals surface area contributed by atoms with E-state index in [0.717, 1.165) is 23.0 Å². The summed E-state index contributed by atoms with van der Waals surface area (Å²) in [4.78, 5) is 8.62. The van der Waals surface area contributed by atoms with Gasteiger partial charge in [0.05, 0.1) is 11.2 Å². The fourth-order valence-electron chi connectivity index (χ4n) is 1.64. The first kappa shape index (κ1) is 9.86. The smallest absolute Gasteiger partial charge is 0.126 e. The van der Waals surface area contributed by atoms with Crippen LogP contribution in [0.2, 0.25) is 0 Å². The summed E-state index contributed by atoms with van der Waals surface area (Å²) in [7, 11) is 0. The quantitative estimate of drug-likeness (QED) is 0.767. The number of aromatic nitrogens is 2. The molecule has 0 saturated carbocycles. The van der Waals surface area contributed by atoms with E-state index < -0.39 is 0 Å². The van der Waals surface area contributed by atoms with Crippen molar-refractivity contribution in [3.05, 3.63) is 29.7 Å². The summed E-state index contributed by atoms with van der Waals surface area (Å²) in [6, 6.07) is 5.11. The first-order chi connectivity index (χ1) is 7.20. The van der Waals surface area contributed by atoms with Crippen LogP contribution < -0.4 is 5.73 Å². The summed E-state index contributed by atoms with van der Waals surface area (Å²) >= 11 is 0. The van der Waals surface area contributed by atoms with E-state index in [1.54, 1.807) is 12.1 Å². The summed E-state index contributed by atoms with van der Waals surface area (Å²) in [6.45, 7) is 2.40. The number of phenols is 1. The Hall–Kier alpha value is -1.68. The Balaban J connectivity index is 2.68. The lowest BCUT2D eigenvalue weighted by atomic mass is 10.1. The third-order valence-electron chi connectivity index (χ3n) is 2.25. The average Bonchev–Trinajstić information content (AvgIpc) is 2.17. The molecular weight excluding hydrogens is 190 g/mol. The van der Waals surface area contributed by atoms with Crippen molar-refractivity contribution in [3.63, 3.8) is 0 Å². The van der Waals surface area contributed by atoms with Gasteiger partial charge in [-0.2, -0.15) is 0 Å². The molecule has 1 aromatic heterocycles. The maximum absolute atomic E-state index is 9.36. The van der Waals surface area contributed by atoms with E-state index in [1.165, 1.54) is 0 Å². The Labute approximate surface area is 87.8 Å². The lowest BCUT2D eigenvalue weighted by Gasteiger charge is -2.05. The average molecular weight is 203 g/mol. The molecule has 0 saturated heterocycles. The van der Waals surface area contributed by atoms with Gasteiger partial charge in [-0.25, -0.2) is 9.97 Å². The molecule has 0 aliphatic carbocycles. The van der Waals surface area contributed by atoms with Gasteiger partial charge in [0.1, 0.15) is 11.6 Å². The molecule has 1 aromatic carbocycles. The number of fused-ring (bicyclic) bond motifs is 1. The maximum atomic E-state index is 9.36. The number of nitrogens with two attached hydrogens (primary N) is 1. The Kier molecular flexibility index (Phi) is 2.51. The number of rotatable bonds is 2. The van der Waals surface area contributed by atoms with E-state index >= 15 is 0 Å². The van der Waals surface area contributed by atoms with Crippen LogP contribution in [0.15, 0.2) is 18.2 Å². The molecule has 0 amide bonds. The fraction of sp³-hybridized carbons (Fsp3) is 0.273. The lowest BCUT2D eigenvalue weighted by molar-refractivity contribution is 0.476. The molecule has 2 rings (SSSR count). The molecule has 0 fully saturated rings. The van der Waals surface area contributed by atoms with Crippen molar-refractivity contribution in [1.82, 2.24) is 9.97 Å². The van der Waals surface area contributed by atoms with Crippen LogP contribution in [0.4, 0.5) is 0 Å². The molecule has 2 aromatic rings. The lowest BCUT2D eigenvalue weighted by Crippen LogP contribution is -2.06. The van der Waals surface area contributed by atoms with Crippen LogP contribution in [0.5, 0.6) is 5.75 Å². The van der Waals surface area contributed by atoms with Gasteiger partial charge in [-0.05, 0) is 25.6 Å². The number of nitrogens with zero attached hydrogens (tertiary/aromatic N) is 2. The van der Waals surface area contributed by atoms with Gasteiger partial charge in [0.15, 0.2) is 0 Å². The van der Waals surface area contributed by atoms with Gasteiger partial charge in [-0.15, -0.1) is 0 Å². The topological polar surface area (TPSA) is 72.0 Å². The molecule has 4 heteroatoms. The van der Waals surface area contributed by atoms with Crippen LogP contribution >= 0.6 is 0 Å². The van der Waals surface area contributed by atoms with Crippen molar-refractivity contribution in [2.45, 2.75) is 13.3 Å². The Bertz CT molecular complexity index is 491. The first-order valence-corrected chi connectivity index (χ1v) is 4.87. The number of phenolic OH excluding ortho intramolecular Hbond substituents is 1.